The van der Waals surface area contributed by atoms with Crippen LogP contribution >= 0.6 is 0 Å². The van der Waals surface area contributed by atoms with Gasteiger partial charge in [-0.05, 0) is 42.3 Å². The number of alkyl halides is 3. The van der Waals surface area contributed by atoms with E-state index in [9.17, 15) is 27.9 Å². The number of hydrogen-bond donors (Lipinski definition) is 2. The second kappa shape index (κ2) is 11.7. The van der Waals surface area contributed by atoms with Crippen LogP contribution in [-0.2, 0) is 6.18 Å². The molecule has 0 saturated carbocycles. The number of rotatable bonds is 10. The number of hydrogen-bond acceptors (Lipinski definition) is 3. The fraction of sp³-hybridized carbons (Fsp3) is 0.286. The minimum Gasteiger partial charge on any atom is -0.506 e. The fourth-order valence-electron chi connectivity index (χ4n) is 3.89. The number of phenols is 1. The van der Waals surface area contributed by atoms with Crippen LogP contribution in [0.3, 0.4) is 0 Å². The lowest BCUT2D eigenvalue weighted by atomic mass is 9.92. The molecule has 0 heterocycles. The number of halogens is 3. The summed E-state index contributed by atoms with van der Waals surface area (Å²) in [6.45, 7) is 2.09. The maximum absolute atomic E-state index is 13.7. The van der Waals surface area contributed by atoms with Crippen LogP contribution in [-0.4, -0.2) is 16.8 Å². The molecule has 35 heavy (non-hydrogen) atoms. The molecule has 0 aliphatic carbocycles. The summed E-state index contributed by atoms with van der Waals surface area (Å²) in [4.78, 5) is 26.0. The van der Waals surface area contributed by atoms with Crippen LogP contribution in [0.15, 0.2) is 66.7 Å². The van der Waals surface area contributed by atoms with Crippen LogP contribution in [0.4, 0.5) is 18.9 Å². The quantitative estimate of drug-likeness (QED) is 0.228. The van der Waals surface area contributed by atoms with E-state index in [1.807, 2.05) is 0 Å². The first-order valence-corrected chi connectivity index (χ1v) is 11.7. The van der Waals surface area contributed by atoms with Crippen LogP contribution in [0.25, 0.3) is 11.1 Å². The standard InChI is InChI=1S/C28H28F3NO3/c1-2-3-4-5-9-16-25(33)19-17-22(21-14-10-11-15-24(21)28(29,30)31)26(34)23(18-19)27(35)32-20-12-7-6-8-13-20/h6-8,10-15,17-18,34H,2-5,9,16H2,1H3,(H,32,35). The molecule has 0 spiro atoms. The van der Waals surface area contributed by atoms with Crippen LogP contribution < -0.4 is 5.32 Å². The van der Waals surface area contributed by atoms with Crippen molar-refractivity contribution >= 4 is 17.4 Å². The molecule has 0 bridgehead atoms. The largest absolute Gasteiger partial charge is 0.506 e. The van der Waals surface area contributed by atoms with E-state index in [-0.39, 0.29) is 34.5 Å². The van der Waals surface area contributed by atoms with Crippen molar-refractivity contribution < 1.29 is 27.9 Å². The van der Waals surface area contributed by atoms with Crippen LogP contribution in [0.5, 0.6) is 5.75 Å². The van der Waals surface area contributed by atoms with E-state index in [2.05, 4.69) is 12.2 Å². The van der Waals surface area contributed by atoms with Crippen LogP contribution in [0.2, 0.25) is 0 Å². The molecule has 184 valence electrons. The molecule has 0 unspecified atom stereocenters. The van der Waals surface area contributed by atoms with Gasteiger partial charge in [0.1, 0.15) is 5.75 Å². The van der Waals surface area contributed by atoms with Crippen molar-refractivity contribution in [1.29, 1.82) is 0 Å². The molecular weight excluding hydrogens is 455 g/mol. The van der Waals surface area contributed by atoms with E-state index in [1.165, 1.54) is 30.3 Å². The molecule has 2 N–H and O–H groups in total. The van der Waals surface area contributed by atoms with Gasteiger partial charge < -0.3 is 10.4 Å². The molecule has 0 aliphatic rings. The zero-order valence-corrected chi connectivity index (χ0v) is 19.5. The van der Waals surface area contributed by atoms with Crippen molar-refractivity contribution in [2.75, 3.05) is 5.32 Å². The number of anilines is 1. The third kappa shape index (κ3) is 6.72. The average molecular weight is 484 g/mol. The Bertz CT molecular complexity index is 1170. The summed E-state index contributed by atoms with van der Waals surface area (Å²) in [5.41, 5.74) is -1.21. The third-order valence-electron chi connectivity index (χ3n) is 5.74. The van der Waals surface area contributed by atoms with E-state index in [1.54, 1.807) is 30.3 Å². The lowest BCUT2D eigenvalue weighted by Gasteiger charge is -2.17. The number of carbonyl (C=O) groups is 2. The number of Topliss-reactive ketones (excluding diaryl/α,β-unsaturated/α-hetero) is 1. The summed E-state index contributed by atoms with van der Waals surface area (Å²) in [5.74, 6) is -1.63. The third-order valence-corrected chi connectivity index (χ3v) is 5.74. The highest BCUT2D eigenvalue weighted by Crippen LogP contribution is 2.42. The van der Waals surface area contributed by atoms with Crippen molar-refractivity contribution in [1.82, 2.24) is 0 Å². The fourth-order valence-corrected chi connectivity index (χ4v) is 3.89. The second-order valence-electron chi connectivity index (χ2n) is 8.37. The average Bonchev–Trinajstić information content (AvgIpc) is 2.84. The topological polar surface area (TPSA) is 66.4 Å². The second-order valence-corrected chi connectivity index (χ2v) is 8.37. The van der Waals surface area contributed by atoms with Crippen molar-refractivity contribution in [3.8, 4) is 16.9 Å². The molecule has 0 aliphatic heterocycles. The minimum absolute atomic E-state index is 0.0866. The zero-order chi connectivity index (χ0) is 25.4. The van der Waals surface area contributed by atoms with Gasteiger partial charge in [0.2, 0.25) is 0 Å². The van der Waals surface area contributed by atoms with Gasteiger partial charge in [0.15, 0.2) is 5.78 Å². The Balaban J connectivity index is 2.04. The number of amides is 1. The van der Waals surface area contributed by atoms with Gasteiger partial charge >= 0.3 is 6.18 Å². The molecule has 7 heteroatoms. The van der Waals surface area contributed by atoms with Gasteiger partial charge in [0, 0.05) is 23.2 Å². The van der Waals surface area contributed by atoms with Crippen molar-refractivity contribution in [3.63, 3.8) is 0 Å². The Morgan fingerprint density at radius 2 is 1.51 bits per heavy atom. The molecule has 1 amide bonds. The first-order chi connectivity index (χ1) is 16.7. The molecule has 0 saturated heterocycles. The Hall–Kier alpha value is -3.61. The van der Waals surface area contributed by atoms with E-state index in [0.29, 0.717) is 12.1 Å². The highest BCUT2D eigenvalue weighted by molar-refractivity contribution is 6.10. The smallest absolute Gasteiger partial charge is 0.417 e. The number of aromatic hydroxyl groups is 1. The predicted molar refractivity (Wildman–Crippen MR) is 131 cm³/mol. The maximum Gasteiger partial charge on any atom is 0.417 e. The summed E-state index contributed by atoms with van der Waals surface area (Å²) in [5, 5.41) is 13.5. The Kier molecular flexibility index (Phi) is 8.68. The predicted octanol–water partition coefficient (Wildman–Crippen LogP) is 7.87. The lowest BCUT2D eigenvalue weighted by Crippen LogP contribution is -2.14. The van der Waals surface area contributed by atoms with Gasteiger partial charge in [0.25, 0.3) is 5.91 Å². The monoisotopic (exact) mass is 483 g/mol. The van der Waals surface area contributed by atoms with Gasteiger partial charge in [-0.1, -0.05) is 69.0 Å². The Morgan fingerprint density at radius 3 is 2.20 bits per heavy atom. The Morgan fingerprint density at radius 1 is 0.857 bits per heavy atom. The van der Waals surface area contributed by atoms with Crippen molar-refractivity contribution in [3.05, 3.63) is 83.4 Å². The van der Waals surface area contributed by atoms with Crippen molar-refractivity contribution in [2.24, 2.45) is 0 Å². The first kappa shape index (κ1) is 26.0. The van der Waals surface area contributed by atoms with E-state index in [4.69, 9.17) is 0 Å². The summed E-state index contributed by atoms with van der Waals surface area (Å²) in [6, 6.07) is 15.7. The number of nitrogens with one attached hydrogen (secondary N) is 1. The minimum atomic E-state index is -4.69. The van der Waals surface area contributed by atoms with E-state index < -0.39 is 23.4 Å². The van der Waals surface area contributed by atoms with Gasteiger partial charge in [-0.3, -0.25) is 9.59 Å². The number of para-hydroxylation sites is 1. The summed E-state index contributed by atoms with van der Waals surface area (Å²) < 4.78 is 41.1. The van der Waals surface area contributed by atoms with E-state index >= 15 is 0 Å². The molecule has 0 radical (unpaired) electrons. The SMILES string of the molecule is CCCCCCCC(=O)c1cc(C(=O)Nc2ccccc2)c(O)c(-c2ccccc2C(F)(F)F)c1. The molecule has 0 fully saturated rings. The summed E-state index contributed by atoms with van der Waals surface area (Å²) in [7, 11) is 0. The number of ketones is 1. The lowest BCUT2D eigenvalue weighted by molar-refractivity contribution is -0.137. The highest BCUT2D eigenvalue weighted by atomic mass is 19.4. The molecule has 3 aromatic rings. The molecule has 0 atom stereocenters. The van der Waals surface area contributed by atoms with Gasteiger partial charge in [0.05, 0.1) is 11.1 Å². The highest BCUT2D eigenvalue weighted by Gasteiger charge is 2.34. The van der Waals surface area contributed by atoms with Gasteiger partial charge in [-0.2, -0.15) is 13.2 Å². The van der Waals surface area contributed by atoms with Gasteiger partial charge in [-0.15, -0.1) is 0 Å². The molecule has 4 nitrogen and oxygen atoms in total. The summed E-state index contributed by atoms with van der Waals surface area (Å²) >= 11 is 0. The van der Waals surface area contributed by atoms with Crippen molar-refractivity contribution in [2.45, 2.75) is 51.6 Å². The Labute approximate surface area is 202 Å². The van der Waals surface area contributed by atoms with E-state index in [0.717, 1.165) is 31.7 Å². The summed E-state index contributed by atoms with van der Waals surface area (Å²) in [6.07, 6.45) is 0.142. The van der Waals surface area contributed by atoms with Crippen LogP contribution in [0.1, 0.15) is 71.7 Å². The molecule has 3 aromatic carbocycles. The van der Waals surface area contributed by atoms with Crippen LogP contribution in [0, 0.1) is 0 Å². The molecule has 3 rings (SSSR count). The number of phenolic OH excluding ortho intramolecular Hbond substituents is 1. The molecular formula is C28H28F3NO3. The van der Waals surface area contributed by atoms with Gasteiger partial charge in [-0.25, -0.2) is 0 Å². The number of benzene rings is 3. The first-order valence-electron chi connectivity index (χ1n) is 11.7. The molecule has 0 aromatic heterocycles. The zero-order valence-electron chi connectivity index (χ0n) is 19.5. The maximum atomic E-state index is 13.7. The normalized spacial score (nSPS) is 11.3. The number of carbonyl (C=O) groups excluding carboxylic acids is 2. The number of unbranched alkanes of at least 4 members (excludes halogenated alkanes) is 4.